The number of carbonyl (C=O) groups excluding carboxylic acids is 1. The van der Waals surface area contributed by atoms with Crippen LogP contribution in [0.15, 0.2) is 30.3 Å². The van der Waals surface area contributed by atoms with E-state index in [2.05, 4.69) is 5.32 Å². The van der Waals surface area contributed by atoms with Gasteiger partial charge >= 0.3 is 0 Å². The first-order chi connectivity index (χ1) is 9.00. The summed E-state index contributed by atoms with van der Waals surface area (Å²) in [5, 5.41) is 12.0. The molecule has 0 saturated heterocycles. The van der Waals surface area contributed by atoms with Crippen molar-refractivity contribution in [3.63, 3.8) is 0 Å². The average Bonchev–Trinajstić information content (AvgIpc) is 2.39. The lowest BCUT2D eigenvalue weighted by molar-refractivity contribution is -0.123. The molecule has 0 radical (unpaired) electrons. The number of nitrogens with two attached hydrogens (primary N) is 1. The van der Waals surface area contributed by atoms with E-state index in [1.165, 1.54) is 0 Å². The molecule has 4 N–H and O–H groups in total. The maximum Gasteiger partial charge on any atom is 0.222 e. The molecule has 2 unspecified atom stereocenters. The monoisotopic (exact) mass is 264 g/mol. The van der Waals surface area contributed by atoms with Gasteiger partial charge in [-0.25, -0.2) is 0 Å². The van der Waals surface area contributed by atoms with Gasteiger partial charge in [-0.2, -0.15) is 0 Å². The molecule has 106 valence electrons. The van der Waals surface area contributed by atoms with Crippen LogP contribution in [0.25, 0.3) is 0 Å². The van der Waals surface area contributed by atoms with E-state index in [1.54, 1.807) is 0 Å². The third-order valence-corrected chi connectivity index (χ3v) is 3.52. The summed E-state index contributed by atoms with van der Waals surface area (Å²) in [6.45, 7) is 4.00. The molecule has 1 aromatic rings. The second-order valence-corrected chi connectivity index (χ2v) is 5.16. The van der Waals surface area contributed by atoms with Crippen molar-refractivity contribution in [1.29, 1.82) is 0 Å². The number of aliphatic hydroxyl groups is 1. The van der Waals surface area contributed by atoms with Gasteiger partial charge in [0.25, 0.3) is 0 Å². The minimum Gasteiger partial charge on any atom is -0.396 e. The van der Waals surface area contributed by atoms with Gasteiger partial charge in [-0.1, -0.05) is 37.3 Å². The van der Waals surface area contributed by atoms with E-state index in [4.69, 9.17) is 10.8 Å². The molecular weight excluding hydrogens is 240 g/mol. The molecule has 0 fully saturated rings. The molecule has 1 aromatic carbocycles. The fourth-order valence-corrected chi connectivity index (χ4v) is 1.98. The second-order valence-electron chi connectivity index (χ2n) is 5.16. The van der Waals surface area contributed by atoms with Crippen molar-refractivity contribution in [2.45, 2.75) is 44.7 Å². The highest BCUT2D eigenvalue weighted by molar-refractivity contribution is 5.77. The molecule has 1 rings (SSSR count). The highest BCUT2D eigenvalue weighted by Crippen LogP contribution is 2.17. The fraction of sp³-hybridized carbons (Fsp3) is 0.533. The molecule has 0 heterocycles. The maximum atomic E-state index is 12.0. The Morgan fingerprint density at radius 1 is 1.42 bits per heavy atom. The van der Waals surface area contributed by atoms with E-state index in [-0.39, 0.29) is 30.5 Å². The Kier molecular flexibility index (Phi) is 5.99. The van der Waals surface area contributed by atoms with Crippen molar-refractivity contribution < 1.29 is 9.90 Å². The average molecular weight is 264 g/mol. The molecule has 19 heavy (non-hydrogen) atoms. The Morgan fingerprint density at radius 3 is 2.58 bits per heavy atom. The summed E-state index contributed by atoms with van der Waals surface area (Å²) in [6.07, 6.45) is 1.58. The van der Waals surface area contributed by atoms with Crippen molar-refractivity contribution in [1.82, 2.24) is 5.32 Å². The zero-order valence-corrected chi connectivity index (χ0v) is 11.7. The summed E-state index contributed by atoms with van der Waals surface area (Å²) < 4.78 is 0. The highest BCUT2D eigenvalue weighted by Gasteiger charge is 2.24. The first-order valence-corrected chi connectivity index (χ1v) is 6.73. The van der Waals surface area contributed by atoms with Gasteiger partial charge in [0, 0.05) is 24.6 Å². The summed E-state index contributed by atoms with van der Waals surface area (Å²) in [4.78, 5) is 12.0. The molecule has 0 aromatic heterocycles. The van der Waals surface area contributed by atoms with Gasteiger partial charge in [0.2, 0.25) is 5.91 Å². The van der Waals surface area contributed by atoms with Crippen LogP contribution in [0.5, 0.6) is 0 Å². The van der Waals surface area contributed by atoms with Crippen molar-refractivity contribution in [3.8, 4) is 0 Å². The van der Waals surface area contributed by atoms with E-state index >= 15 is 0 Å². The number of aliphatic hydroxyl groups excluding tert-OH is 1. The molecule has 4 heteroatoms. The standard InChI is InChI=1S/C15H24N2O2/c1-3-15(2,9-10-18)17-14(19)11-13(16)12-7-5-4-6-8-12/h4-8,13,18H,3,9-11,16H2,1-2H3,(H,17,19). The van der Waals surface area contributed by atoms with Crippen molar-refractivity contribution in [2.75, 3.05) is 6.61 Å². The number of carbonyl (C=O) groups is 1. The van der Waals surface area contributed by atoms with Crippen LogP contribution in [-0.4, -0.2) is 23.2 Å². The normalized spacial score (nSPS) is 15.6. The van der Waals surface area contributed by atoms with Gasteiger partial charge < -0.3 is 16.2 Å². The van der Waals surface area contributed by atoms with Gasteiger partial charge in [0.15, 0.2) is 0 Å². The zero-order valence-electron chi connectivity index (χ0n) is 11.7. The van der Waals surface area contributed by atoms with E-state index in [1.807, 2.05) is 44.2 Å². The van der Waals surface area contributed by atoms with Gasteiger partial charge in [-0.3, -0.25) is 4.79 Å². The van der Waals surface area contributed by atoms with Gasteiger partial charge in [0.05, 0.1) is 0 Å². The van der Waals surface area contributed by atoms with Crippen LogP contribution < -0.4 is 11.1 Å². The van der Waals surface area contributed by atoms with E-state index < -0.39 is 0 Å². The van der Waals surface area contributed by atoms with Crippen LogP contribution in [0.4, 0.5) is 0 Å². The van der Waals surface area contributed by atoms with E-state index in [0.717, 1.165) is 12.0 Å². The molecule has 0 bridgehead atoms. The summed E-state index contributed by atoms with van der Waals surface area (Å²) in [7, 11) is 0. The van der Waals surface area contributed by atoms with Crippen molar-refractivity contribution in [2.24, 2.45) is 5.73 Å². The Morgan fingerprint density at radius 2 is 2.05 bits per heavy atom. The van der Waals surface area contributed by atoms with Crippen LogP contribution in [0.1, 0.15) is 44.7 Å². The molecule has 2 atom stereocenters. The van der Waals surface area contributed by atoms with Crippen LogP contribution in [0.3, 0.4) is 0 Å². The summed E-state index contributed by atoms with van der Waals surface area (Å²) in [6, 6.07) is 9.29. The lowest BCUT2D eigenvalue weighted by Gasteiger charge is -2.29. The molecule has 0 aliphatic rings. The summed E-state index contributed by atoms with van der Waals surface area (Å²) in [5.74, 6) is -0.0749. The summed E-state index contributed by atoms with van der Waals surface area (Å²) >= 11 is 0. The first kappa shape index (κ1) is 15.7. The topological polar surface area (TPSA) is 75.3 Å². The van der Waals surface area contributed by atoms with Gasteiger partial charge in [-0.15, -0.1) is 0 Å². The Labute approximate surface area is 115 Å². The van der Waals surface area contributed by atoms with Gasteiger partial charge in [0.1, 0.15) is 0 Å². The highest BCUT2D eigenvalue weighted by atomic mass is 16.3. The Balaban J connectivity index is 2.55. The number of amides is 1. The second kappa shape index (κ2) is 7.26. The van der Waals surface area contributed by atoms with Crippen molar-refractivity contribution >= 4 is 5.91 Å². The first-order valence-electron chi connectivity index (χ1n) is 6.73. The van der Waals surface area contributed by atoms with Gasteiger partial charge in [-0.05, 0) is 25.3 Å². The summed E-state index contributed by atoms with van der Waals surface area (Å²) in [5.41, 5.74) is 6.62. The van der Waals surface area contributed by atoms with Crippen LogP contribution in [0, 0.1) is 0 Å². The number of nitrogens with one attached hydrogen (secondary N) is 1. The third-order valence-electron chi connectivity index (χ3n) is 3.52. The van der Waals surface area contributed by atoms with Crippen molar-refractivity contribution in [3.05, 3.63) is 35.9 Å². The molecule has 0 spiro atoms. The predicted molar refractivity (Wildman–Crippen MR) is 76.5 cm³/mol. The molecule has 0 aliphatic carbocycles. The number of hydrogen-bond donors (Lipinski definition) is 3. The van der Waals surface area contributed by atoms with Crippen LogP contribution in [-0.2, 0) is 4.79 Å². The zero-order chi connectivity index (χ0) is 14.3. The quantitative estimate of drug-likeness (QED) is 0.702. The fourth-order valence-electron chi connectivity index (χ4n) is 1.98. The SMILES string of the molecule is CCC(C)(CCO)NC(=O)CC(N)c1ccccc1. The maximum absolute atomic E-state index is 12.0. The largest absolute Gasteiger partial charge is 0.396 e. The number of benzene rings is 1. The van der Waals surface area contributed by atoms with Crippen LogP contribution in [0.2, 0.25) is 0 Å². The third kappa shape index (κ3) is 5.01. The molecular formula is C15H24N2O2. The molecule has 0 saturated carbocycles. The Bertz CT molecular complexity index is 394. The minimum atomic E-state index is -0.359. The molecule has 4 nitrogen and oxygen atoms in total. The Hall–Kier alpha value is -1.39. The number of hydrogen-bond acceptors (Lipinski definition) is 3. The lowest BCUT2D eigenvalue weighted by atomic mass is 9.94. The van der Waals surface area contributed by atoms with E-state index in [0.29, 0.717) is 6.42 Å². The molecule has 1 amide bonds. The lowest BCUT2D eigenvalue weighted by Crippen LogP contribution is -2.46. The predicted octanol–water partition coefficient (Wildman–Crippen LogP) is 1.74. The molecule has 0 aliphatic heterocycles. The van der Waals surface area contributed by atoms with Crippen LogP contribution >= 0.6 is 0 Å². The minimum absolute atomic E-state index is 0.0648. The smallest absolute Gasteiger partial charge is 0.222 e. The van der Waals surface area contributed by atoms with E-state index in [9.17, 15) is 4.79 Å². The number of rotatable bonds is 7.